The van der Waals surface area contributed by atoms with Gasteiger partial charge in [0.1, 0.15) is 0 Å². The molecule has 1 saturated heterocycles. The monoisotopic (exact) mass is 262 g/mol. The van der Waals surface area contributed by atoms with Crippen LogP contribution in [0.2, 0.25) is 6.04 Å². The maximum absolute atomic E-state index is 5.37. The average molecular weight is 262 g/mol. The van der Waals surface area contributed by atoms with Gasteiger partial charge >= 0.3 is 8.80 Å². The summed E-state index contributed by atoms with van der Waals surface area (Å²) in [6.07, 6.45) is 3.62. The smallest absolute Gasteiger partial charge is 0.377 e. The molecule has 0 aromatic heterocycles. The Hall–Kier alpha value is 0.0169. The molecular weight excluding hydrogens is 236 g/mol. The zero-order valence-electron chi connectivity index (χ0n) is 11.3. The highest BCUT2D eigenvalue weighted by Gasteiger charge is 2.36. The number of hydrogen-bond donors (Lipinski definition) is 2. The van der Waals surface area contributed by atoms with Gasteiger partial charge in [0, 0.05) is 40.0 Å². The van der Waals surface area contributed by atoms with Crippen molar-refractivity contribution < 1.29 is 13.3 Å². The van der Waals surface area contributed by atoms with Crippen molar-refractivity contribution in [3.63, 3.8) is 0 Å². The fraction of sp³-hybridized carbons (Fsp3) is 1.00. The quantitative estimate of drug-likeness (QED) is 0.471. The van der Waals surface area contributed by atoms with E-state index in [1.807, 2.05) is 0 Å². The van der Waals surface area contributed by atoms with Gasteiger partial charge in [-0.3, -0.25) is 0 Å². The van der Waals surface area contributed by atoms with Crippen LogP contribution in [-0.4, -0.2) is 55.8 Å². The second kappa shape index (κ2) is 8.18. The first-order chi connectivity index (χ1) is 8.26. The predicted octanol–water partition coefficient (Wildman–Crippen LogP) is 0.596. The molecule has 1 aliphatic rings. The van der Waals surface area contributed by atoms with E-state index >= 15 is 0 Å². The van der Waals surface area contributed by atoms with Gasteiger partial charge in [-0.15, -0.1) is 0 Å². The van der Waals surface area contributed by atoms with E-state index in [4.69, 9.17) is 13.3 Å². The molecule has 102 valence electrons. The van der Waals surface area contributed by atoms with E-state index in [-0.39, 0.29) is 0 Å². The molecule has 0 radical (unpaired) electrons. The molecule has 17 heavy (non-hydrogen) atoms. The van der Waals surface area contributed by atoms with Crippen LogP contribution in [0, 0.1) is 0 Å². The normalized spacial score (nSPS) is 21.0. The minimum atomic E-state index is -2.35. The number of rotatable bonds is 9. The highest BCUT2D eigenvalue weighted by molar-refractivity contribution is 6.60. The first-order valence-corrected chi connectivity index (χ1v) is 8.29. The van der Waals surface area contributed by atoms with Crippen molar-refractivity contribution in [3.8, 4) is 0 Å². The van der Waals surface area contributed by atoms with E-state index in [0.717, 1.165) is 25.6 Å². The molecule has 0 saturated carbocycles. The number of nitrogens with one attached hydrogen (secondary N) is 2. The topological polar surface area (TPSA) is 51.8 Å². The Bertz CT molecular complexity index is 189. The predicted molar refractivity (Wildman–Crippen MR) is 70.1 cm³/mol. The summed E-state index contributed by atoms with van der Waals surface area (Å²) in [4.78, 5) is 0. The molecule has 1 fully saturated rings. The molecule has 0 aromatic carbocycles. The molecule has 1 rings (SSSR count). The van der Waals surface area contributed by atoms with Crippen molar-refractivity contribution >= 4 is 8.80 Å². The van der Waals surface area contributed by atoms with Crippen LogP contribution < -0.4 is 10.6 Å². The van der Waals surface area contributed by atoms with Gasteiger partial charge in [0.25, 0.3) is 0 Å². The van der Waals surface area contributed by atoms with E-state index in [1.54, 1.807) is 21.3 Å². The van der Waals surface area contributed by atoms with Crippen LogP contribution in [0.15, 0.2) is 0 Å². The van der Waals surface area contributed by atoms with Gasteiger partial charge in [0.2, 0.25) is 0 Å². The lowest BCUT2D eigenvalue weighted by atomic mass is 10.2. The molecule has 0 aliphatic carbocycles. The van der Waals surface area contributed by atoms with Gasteiger partial charge in [0.15, 0.2) is 0 Å². The lowest BCUT2D eigenvalue weighted by molar-refractivity contribution is 0.123. The molecule has 0 spiro atoms. The van der Waals surface area contributed by atoms with E-state index in [2.05, 4.69) is 10.6 Å². The summed E-state index contributed by atoms with van der Waals surface area (Å²) >= 11 is 0. The van der Waals surface area contributed by atoms with E-state index in [0.29, 0.717) is 6.04 Å². The van der Waals surface area contributed by atoms with Gasteiger partial charge in [-0.1, -0.05) is 0 Å². The van der Waals surface area contributed by atoms with E-state index in [1.165, 1.54) is 19.4 Å². The second-order valence-electron chi connectivity index (χ2n) is 4.40. The Morgan fingerprint density at radius 1 is 1.24 bits per heavy atom. The van der Waals surface area contributed by atoms with Gasteiger partial charge < -0.3 is 23.9 Å². The van der Waals surface area contributed by atoms with Crippen molar-refractivity contribution in [2.45, 2.75) is 31.3 Å². The SMILES string of the molecule is CO[Si](CCCNCC1CCCN1)(OC)OC. The van der Waals surface area contributed by atoms with Crippen LogP contribution in [0.5, 0.6) is 0 Å². The van der Waals surface area contributed by atoms with Crippen LogP contribution in [0.1, 0.15) is 19.3 Å². The largest absolute Gasteiger partial charge is 0.500 e. The Kier molecular flexibility index (Phi) is 7.25. The summed E-state index contributed by atoms with van der Waals surface area (Å²) in [5.41, 5.74) is 0. The van der Waals surface area contributed by atoms with Crippen LogP contribution in [0.4, 0.5) is 0 Å². The van der Waals surface area contributed by atoms with Crippen LogP contribution in [0.25, 0.3) is 0 Å². The summed E-state index contributed by atoms with van der Waals surface area (Å²) in [7, 11) is 2.63. The third kappa shape index (κ3) is 5.03. The van der Waals surface area contributed by atoms with Crippen molar-refractivity contribution in [2.75, 3.05) is 41.0 Å². The summed E-state index contributed by atoms with van der Waals surface area (Å²) in [5, 5.41) is 6.93. The molecule has 6 heteroatoms. The fourth-order valence-corrected chi connectivity index (χ4v) is 3.92. The van der Waals surface area contributed by atoms with Crippen molar-refractivity contribution in [1.29, 1.82) is 0 Å². The molecule has 0 bridgehead atoms. The maximum Gasteiger partial charge on any atom is 0.500 e. The van der Waals surface area contributed by atoms with Crippen molar-refractivity contribution in [2.24, 2.45) is 0 Å². The Balaban J connectivity index is 2.05. The third-order valence-electron chi connectivity index (χ3n) is 3.32. The molecule has 0 aromatic rings. The van der Waals surface area contributed by atoms with Gasteiger partial charge in [-0.2, -0.15) is 0 Å². The third-order valence-corrected chi connectivity index (χ3v) is 6.15. The first kappa shape index (κ1) is 15.1. The molecule has 0 amide bonds. The summed E-state index contributed by atoms with van der Waals surface area (Å²) in [5.74, 6) is 0. The maximum atomic E-state index is 5.37. The van der Waals surface area contributed by atoms with Gasteiger partial charge in [-0.05, 0) is 32.4 Å². The first-order valence-electron chi connectivity index (χ1n) is 6.36. The summed E-state index contributed by atoms with van der Waals surface area (Å²) in [6, 6.07) is 1.52. The molecule has 1 unspecified atom stereocenters. The zero-order chi connectivity index (χ0) is 12.6. The van der Waals surface area contributed by atoms with Crippen molar-refractivity contribution in [1.82, 2.24) is 10.6 Å². The summed E-state index contributed by atoms with van der Waals surface area (Å²) in [6.45, 7) is 3.21. The minimum Gasteiger partial charge on any atom is -0.377 e. The second-order valence-corrected chi connectivity index (χ2v) is 7.49. The zero-order valence-corrected chi connectivity index (χ0v) is 12.3. The fourth-order valence-electron chi connectivity index (χ4n) is 2.19. The van der Waals surface area contributed by atoms with Crippen LogP contribution in [-0.2, 0) is 13.3 Å². The number of hydrogen-bond acceptors (Lipinski definition) is 5. The highest BCUT2D eigenvalue weighted by atomic mass is 28.4. The van der Waals surface area contributed by atoms with Crippen LogP contribution >= 0.6 is 0 Å². The molecule has 2 N–H and O–H groups in total. The summed E-state index contributed by atoms with van der Waals surface area (Å²) < 4.78 is 16.1. The Labute approximate surface area is 106 Å². The molecule has 1 heterocycles. The molecule has 1 atom stereocenters. The van der Waals surface area contributed by atoms with Gasteiger partial charge in [-0.25, -0.2) is 0 Å². The van der Waals surface area contributed by atoms with E-state index in [9.17, 15) is 0 Å². The van der Waals surface area contributed by atoms with Crippen molar-refractivity contribution in [3.05, 3.63) is 0 Å². The Morgan fingerprint density at radius 2 is 1.94 bits per heavy atom. The molecular formula is C11H26N2O3Si. The minimum absolute atomic E-state index is 0.657. The molecule has 5 nitrogen and oxygen atoms in total. The standard InChI is InChI=1S/C11H26N2O3Si/c1-14-17(15-2,16-3)9-5-7-12-10-11-6-4-8-13-11/h11-13H,4-10H2,1-3H3. The lowest BCUT2D eigenvalue weighted by Gasteiger charge is -2.24. The average Bonchev–Trinajstić information content (AvgIpc) is 2.88. The van der Waals surface area contributed by atoms with Gasteiger partial charge in [0.05, 0.1) is 0 Å². The highest BCUT2D eigenvalue weighted by Crippen LogP contribution is 2.14. The molecule has 1 aliphatic heterocycles. The lowest BCUT2D eigenvalue weighted by Crippen LogP contribution is -2.43. The Morgan fingerprint density at radius 3 is 2.47 bits per heavy atom. The van der Waals surface area contributed by atoms with Crippen LogP contribution in [0.3, 0.4) is 0 Å². The van der Waals surface area contributed by atoms with E-state index < -0.39 is 8.80 Å².